The van der Waals surface area contributed by atoms with E-state index in [1.807, 2.05) is 12.1 Å². The monoisotopic (exact) mass is 193 g/mol. The molecule has 0 amide bonds. The minimum absolute atomic E-state index is 0.239. The molecule has 0 heterocycles. The van der Waals surface area contributed by atoms with Gasteiger partial charge >= 0.3 is 0 Å². The van der Waals surface area contributed by atoms with E-state index in [2.05, 4.69) is 26.0 Å². The van der Waals surface area contributed by atoms with E-state index in [0.29, 0.717) is 5.92 Å². The normalized spacial score (nSPS) is 12.9. The molecule has 1 aromatic rings. The molecule has 14 heavy (non-hydrogen) atoms. The highest BCUT2D eigenvalue weighted by atomic mass is 16.5. The number of hydrogen-bond donors (Lipinski definition) is 1. The Morgan fingerprint density at radius 1 is 1.21 bits per heavy atom. The average molecular weight is 193 g/mol. The molecular formula is C12H19NO. The summed E-state index contributed by atoms with van der Waals surface area (Å²) in [6, 6.07) is 8.33. The van der Waals surface area contributed by atoms with Crippen molar-refractivity contribution in [1.82, 2.24) is 0 Å². The van der Waals surface area contributed by atoms with E-state index in [-0.39, 0.29) is 6.04 Å². The Kier molecular flexibility index (Phi) is 3.96. The molecule has 2 heteroatoms. The summed E-state index contributed by atoms with van der Waals surface area (Å²) in [5, 5.41) is 0. The molecule has 2 nitrogen and oxygen atoms in total. The molecule has 2 N–H and O–H groups in total. The molecule has 0 aliphatic rings. The summed E-state index contributed by atoms with van der Waals surface area (Å²) in [7, 11) is 1.68. The summed E-state index contributed by atoms with van der Waals surface area (Å²) in [5.41, 5.74) is 7.26. The molecule has 0 aromatic heterocycles. The fourth-order valence-corrected chi connectivity index (χ4v) is 1.27. The maximum Gasteiger partial charge on any atom is 0.118 e. The van der Waals surface area contributed by atoms with E-state index >= 15 is 0 Å². The minimum atomic E-state index is 0.239. The van der Waals surface area contributed by atoms with Crippen molar-refractivity contribution in [3.63, 3.8) is 0 Å². The lowest BCUT2D eigenvalue weighted by molar-refractivity contribution is 0.414. The molecule has 1 unspecified atom stereocenters. The first kappa shape index (κ1) is 11.1. The highest BCUT2D eigenvalue weighted by Gasteiger charge is 2.07. The van der Waals surface area contributed by atoms with Gasteiger partial charge in [-0.1, -0.05) is 26.0 Å². The lowest BCUT2D eigenvalue weighted by atomic mass is 9.97. The Hall–Kier alpha value is -1.02. The van der Waals surface area contributed by atoms with Crippen LogP contribution in [0, 0.1) is 5.92 Å². The van der Waals surface area contributed by atoms with Crippen molar-refractivity contribution < 1.29 is 4.74 Å². The number of nitrogens with two attached hydrogens (primary N) is 1. The van der Waals surface area contributed by atoms with Gasteiger partial charge in [-0.15, -0.1) is 0 Å². The fraction of sp³-hybridized carbons (Fsp3) is 0.500. The zero-order valence-corrected chi connectivity index (χ0v) is 9.16. The number of benzene rings is 1. The van der Waals surface area contributed by atoms with Gasteiger partial charge in [-0.2, -0.15) is 0 Å². The molecular weight excluding hydrogens is 174 g/mol. The third-order valence-corrected chi connectivity index (χ3v) is 2.49. The maximum atomic E-state index is 5.99. The SMILES string of the molecule is COc1ccc(CC(N)C(C)C)cc1. The topological polar surface area (TPSA) is 35.2 Å². The first-order valence-electron chi connectivity index (χ1n) is 5.02. The van der Waals surface area contributed by atoms with Gasteiger partial charge in [-0.05, 0) is 30.0 Å². The van der Waals surface area contributed by atoms with E-state index in [1.165, 1.54) is 5.56 Å². The number of methoxy groups -OCH3 is 1. The number of hydrogen-bond acceptors (Lipinski definition) is 2. The fourth-order valence-electron chi connectivity index (χ4n) is 1.27. The molecule has 78 valence electrons. The number of rotatable bonds is 4. The minimum Gasteiger partial charge on any atom is -0.497 e. The van der Waals surface area contributed by atoms with Crippen LogP contribution in [0.3, 0.4) is 0 Å². The predicted octanol–water partition coefficient (Wildman–Crippen LogP) is 2.22. The first-order chi connectivity index (χ1) is 6.63. The van der Waals surface area contributed by atoms with Crippen molar-refractivity contribution in [2.45, 2.75) is 26.3 Å². The third kappa shape index (κ3) is 3.04. The van der Waals surface area contributed by atoms with E-state index in [4.69, 9.17) is 10.5 Å². The lowest BCUT2D eigenvalue weighted by Gasteiger charge is -2.15. The summed E-state index contributed by atoms with van der Waals surface area (Å²) in [4.78, 5) is 0. The van der Waals surface area contributed by atoms with Crippen LogP contribution in [-0.2, 0) is 6.42 Å². The maximum absolute atomic E-state index is 5.99. The van der Waals surface area contributed by atoms with Gasteiger partial charge in [-0.25, -0.2) is 0 Å². The lowest BCUT2D eigenvalue weighted by Crippen LogP contribution is -2.28. The second-order valence-electron chi connectivity index (χ2n) is 3.96. The van der Waals surface area contributed by atoms with Crippen molar-refractivity contribution in [3.8, 4) is 5.75 Å². The van der Waals surface area contributed by atoms with Gasteiger partial charge in [0, 0.05) is 6.04 Å². The van der Waals surface area contributed by atoms with Crippen LogP contribution in [0.1, 0.15) is 19.4 Å². The second-order valence-corrected chi connectivity index (χ2v) is 3.96. The van der Waals surface area contributed by atoms with Gasteiger partial charge < -0.3 is 10.5 Å². The highest BCUT2D eigenvalue weighted by molar-refractivity contribution is 5.27. The zero-order chi connectivity index (χ0) is 10.6. The van der Waals surface area contributed by atoms with Crippen molar-refractivity contribution in [3.05, 3.63) is 29.8 Å². The highest BCUT2D eigenvalue weighted by Crippen LogP contribution is 2.14. The average Bonchev–Trinajstić information content (AvgIpc) is 2.19. The molecule has 0 aliphatic carbocycles. The van der Waals surface area contributed by atoms with Crippen LogP contribution < -0.4 is 10.5 Å². The van der Waals surface area contributed by atoms with Gasteiger partial charge in [0.05, 0.1) is 7.11 Å². The Balaban J connectivity index is 2.59. The smallest absolute Gasteiger partial charge is 0.118 e. The Morgan fingerprint density at radius 3 is 2.21 bits per heavy atom. The predicted molar refractivity (Wildman–Crippen MR) is 59.5 cm³/mol. The van der Waals surface area contributed by atoms with E-state index in [0.717, 1.165) is 12.2 Å². The van der Waals surface area contributed by atoms with E-state index < -0.39 is 0 Å². The second kappa shape index (κ2) is 5.01. The largest absolute Gasteiger partial charge is 0.497 e. The van der Waals surface area contributed by atoms with E-state index in [9.17, 15) is 0 Å². The third-order valence-electron chi connectivity index (χ3n) is 2.49. The Morgan fingerprint density at radius 2 is 1.79 bits per heavy atom. The summed E-state index contributed by atoms with van der Waals surface area (Å²) in [5.74, 6) is 1.42. The molecule has 0 radical (unpaired) electrons. The molecule has 1 atom stereocenters. The van der Waals surface area contributed by atoms with Gasteiger partial charge in [0.15, 0.2) is 0 Å². The molecule has 0 spiro atoms. The van der Waals surface area contributed by atoms with Crippen molar-refractivity contribution >= 4 is 0 Å². The standard InChI is InChI=1S/C12H19NO/c1-9(2)12(13)8-10-4-6-11(14-3)7-5-10/h4-7,9,12H,8,13H2,1-3H3. The molecule has 0 fully saturated rings. The molecule has 0 saturated carbocycles. The molecule has 0 bridgehead atoms. The van der Waals surface area contributed by atoms with Crippen molar-refractivity contribution in [1.29, 1.82) is 0 Å². The first-order valence-corrected chi connectivity index (χ1v) is 5.02. The summed E-state index contributed by atoms with van der Waals surface area (Å²) in [6.45, 7) is 4.29. The van der Waals surface area contributed by atoms with Crippen LogP contribution in [0.5, 0.6) is 5.75 Å². The van der Waals surface area contributed by atoms with Gasteiger partial charge in [-0.3, -0.25) is 0 Å². The summed E-state index contributed by atoms with van der Waals surface area (Å²) < 4.78 is 5.09. The van der Waals surface area contributed by atoms with Crippen LogP contribution >= 0.6 is 0 Å². The van der Waals surface area contributed by atoms with E-state index in [1.54, 1.807) is 7.11 Å². The van der Waals surface area contributed by atoms with Gasteiger partial charge in [0.25, 0.3) is 0 Å². The van der Waals surface area contributed by atoms with Crippen LogP contribution in [0.15, 0.2) is 24.3 Å². The summed E-state index contributed by atoms with van der Waals surface area (Å²) in [6.07, 6.45) is 0.932. The molecule has 0 saturated heterocycles. The van der Waals surface area contributed by atoms with Crippen LogP contribution in [0.2, 0.25) is 0 Å². The molecule has 0 aliphatic heterocycles. The van der Waals surface area contributed by atoms with Gasteiger partial charge in [0.2, 0.25) is 0 Å². The van der Waals surface area contributed by atoms with Crippen LogP contribution in [0.4, 0.5) is 0 Å². The van der Waals surface area contributed by atoms with Crippen molar-refractivity contribution in [2.24, 2.45) is 11.7 Å². The molecule has 1 aromatic carbocycles. The quantitative estimate of drug-likeness (QED) is 0.795. The van der Waals surface area contributed by atoms with Crippen LogP contribution in [0.25, 0.3) is 0 Å². The Labute approximate surface area is 86.1 Å². The zero-order valence-electron chi connectivity index (χ0n) is 9.16. The van der Waals surface area contributed by atoms with Crippen molar-refractivity contribution in [2.75, 3.05) is 7.11 Å². The van der Waals surface area contributed by atoms with Gasteiger partial charge in [0.1, 0.15) is 5.75 Å². The van der Waals surface area contributed by atoms with Crippen LogP contribution in [-0.4, -0.2) is 13.2 Å². The Bertz CT molecular complexity index is 266. The number of ether oxygens (including phenoxy) is 1. The molecule has 1 rings (SSSR count). The summed E-state index contributed by atoms with van der Waals surface area (Å²) >= 11 is 0.